The van der Waals surface area contributed by atoms with E-state index >= 15 is 0 Å². The maximum atomic E-state index is 12.2. The standard InChI is InChI=1S/C39H72O5/c1-4-6-8-10-12-14-16-18-19-20-22-24-26-28-30-32-34-42-38(35-43-37(3)40)36-44-39(41)33-31-29-27-25-23-21-17-15-13-11-9-7-5-2/h12,14,18-19,38H,4-11,13,15-17,20-36H2,1-3H3. The van der Waals surface area contributed by atoms with Gasteiger partial charge < -0.3 is 14.2 Å². The summed E-state index contributed by atoms with van der Waals surface area (Å²) in [7, 11) is 0. The van der Waals surface area contributed by atoms with Crippen LogP contribution in [-0.4, -0.2) is 37.9 Å². The minimum Gasteiger partial charge on any atom is -0.463 e. The van der Waals surface area contributed by atoms with Crippen molar-refractivity contribution >= 4 is 11.9 Å². The molecule has 0 rings (SSSR count). The molecule has 44 heavy (non-hydrogen) atoms. The van der Waals surface area contributed by atoms with Gasteiger partial charge >= 0.3 is 11.9 Å². The normalized spacial score (nSPS) is 12.3. The summed E-state index contributed by atoms with van der Waals surface area (Å²) in [5, 5.41) is 0. The fourth-order valence-electron chi connectivity index (χ4n) is 5.24. The molecule has 0 aliphatic carbocycles. The Hall–Kier alpha value is -1.62. The summed E-state index contributed by atoms with van der Waals surface area (Å²) < 4.78 is 16.5. The van der Waals surface area contributed by atoms with Crippen molar-refractivity contribution in [3.63, 3.8) is 0 Å². The van der Waals surface area contributed by atoms with Gasteiger partial charge in [0, 0.05) is 20.0 Å². The molecule has 0 radical (unpaired) electrons. The molecule has 0 bridgehead atoms. The second-order valence-electron chi connectivity index (χ2n) is 12.6. The summed E-state index contributed by atoms with van der Waals surface area (Å²) in [6.07, 6.45) is 40.4. The molecule has 0 fully saturated rings. The SMILES string of the molecule is CCCCCC=CCC=CCCCCCCCCOC(COC(C)=O)COC(=O)CCCCCCCCCCCCCCC. The molecule has 0 N–H and O–H groups in total. The van der Waals surface area contributed by atoms with Crippen molar-refractivity contribution < 1.29 is 23.8 Å². The molecular weight excluding hydrogens is 548 g/mol. The van der Waals surface area contributed by atoms with E-state index in [0.29, 0.717) is 13.0 Å². The summed E-state index contributed by atoms with van der Waals surface area (Å²) in [5.41, 5.74) is 0. The third kappa shape index (κ3) is 34.9. The van der Waals surface area contributed by atoms with Crippen molar-refractivity contribution in [2.24, 2.45) is 0 Å². The summed E-state index contributed by atoms with van der Waals surface area (Å²) in [6.45, 7) is 6.77. The zero-order valence-corrected chi connectivity index (χ0v) is 29.4. The van der Waals surface area contributed by atoms with Crippen LogP contribution in [-0.2, 0) is 23.8 Å². The number of carbonyl (C=O) groups is 2. The monoisotopic (exact) mass is 621 g/mol. The van der Waals surface area contributed by atoms with Crippen LogP contribution in [0, 0.1) is 0 Å². The van der Waals surface area contributed by atoms with E-state index in [0.717, 1.165) is 32.1 Å². The quantitative estimate of drug-likeness (QED) is 0.0407. The van der Waals surface area contributed by atoms with Gasteiger partial charge in [-0.25, -0.2) is 0 Å². The highest BCUT2D eigenvalue weighted by Crippen LogP contribution is 2.14. The Bertz CT molecular complexity index is 671. The maximum absolute atomic E-state index is 12.2. The third-order valence-electron chi connectivity index (χ3n) is 8.09. The van der Waals surface area contributed by atoms with Gasteiger partial charge in [-0.05, 0) is 44.9 Å². The van der Waals surface area contributed by atoms with Gasteiger partial charge in [0.25, 0.3) is 0 Å². The topological polar surface area (TPSA) is 61.8 Å². The van der Waals surface area contributed by atoms with Crippen molar-refractivity contribution in [1.82, 2.24) is 0 Å². The highest BCUT2D eigenvalue weighted by molar-refractivity contribution is 5.69. The summed E-state index contributed by atoms with van der Waals surface area (Å²) in [6, 6.07) is 0. The predicted octanol–water partition coefficient (Wildman–Crippen LogP) is 11.8. The molecule has 0 amide bonds. The largest absolute Gasteiger partial charge is 0.463 e. The lowest BCUT2D eigenvalue weighted by Gasteiger charge is -2.18. The first kappa shape index (κ1) is 42.4. The Morgan fingerprint density at radius 3 is 1.50 bits per heavy atom. The lowest BCUT2D eigenvalue weighted by Crippen LogP contribution is -2.28. The van der Waals surface area contributed by atoms with Gasteiger partial charge in [0.1, 0.15) is 19.3 Å². The van der Waals surface area contributed by atoms with Gasteiger partial charge in [0.05, 0.1) is 0 Å². The number of allylic oxidation sites excluding steroid dienone is 4. The molecule has 0 saturated carbocycles. The number of ether oxygens (including phenoxy) is 3. The highest BCUT2D eigenvalue weighted by atomic mass is 16.6. The van der Waals surface area contributed by atoms with Crippen LogP contribution < -0.4 is 0 Å². The van der Waals surface area contributed by atoms with E-state index in [1.54, 1.807) is 0 Å². The lowest BCUT2D eigenvalue weighted by atomic mass is 10.0. The zero-order chi connectivity index (χ0) is 32.2. The number of hydrogen-bond acceptors (Lipinski definition) is 5. The number of unbranched alkanes of at least 4 members (excludes halogenated alkanes) is 21. The van der Waals surface area contributed by atoms with Gasteiger partial charge in [0.15, 0.2) is 0 Å². The van der Waals surface area contributed by atoms with Crippen LogP contribution in [0.25, 0.3) is 0 Å². The minimum absolute atomic E-state index is 0.128. The molecule has 0 aromatic rings. The fourth-order valence-corrected chi connectivity index (χ4v) is 5.24. The Morgan fingerprint density at radius 2 is 0.955 bits per heavy atom. The molecule has 0 aromatic heterocycles. The number of hydrogen-bond donors (Lipinski definition) is 0. The molecule has 5 heteroatoms. The van der Waals surface area contributed by atoms with Crippen LogP contribution in [0.1, 0.15) is 188 Å². The molecular formula is C39H72O5. The zero-order valence-electron chi connectivity index (χ0n) is 29.4. The van der Waals surface area contributed by atoms with Crippen LogP contribution in [0.5, 0.6) is 0 Å². The van der Waals surface area contributed by atoms with Crippen molar-refractivity contribution in [2.75, 3.05) is 19.8 Å². The van der Waals surface area contributed by atoms with Gasteiger partial charge in [-0.15, -0.1) is 0 Å². The molecule has 0 heterocycles. The fraction of sp³-hybridized carbons (Fsp3) is 0.846. The van der Waals surface area contributed by atoms with Gasteiger partial charge in [-0.1, -0.05) is 154 Å². The first-order valence-corrected chi connectivity index (χ1v) is 18.8. The van der Waals surface area contributed by atoms with Gasteiger partial charge in [0.2, 0.25) is 0 Å². The van der Waals surface area contributed by atoms with E-state index in [9.17, 15) is 9.59 Å². The molecule has 0 saturated heterocycles. The van der Waals surface area contributed by atoms with E-state index < -0.39 is 6.10 Å². The second kappa shape index (κ2) is 35.9. The number of carbonyl (C=O) groups excluding carboxylic acids is 2. The molecule has 1 unspecified atom stereocenters. The molecule has 0 spiro atoms. The van der Waals surface area contributed by atoms with Crippen molar-refractivity contribution in [3.8, 4) is 0 Å². The number of esters is 2. The van der Waals surface area contributed by atoms with Crippen LogP contribution in [0.4, 0.5) is 0 Å². The van der Waals surface area contributed by atoms with E-state index in [1.807, 2.05) is 0 Å². The molecule has 1 atom stereocenters. The average molecular weight is 621 g/mol. The second-order valence-corrected chi connectivity index (χ2v) is 12.6. The summed E-state index contributed by atoms with van der Waals surface area (Å²) in [4.78, 5) is 23.5. The van der Waals surface area contributed by atoms with Gasteiger partial charge in [-0.3, -0.25) is 9.59 Å². The Kier molecular flexibility index (Phi) is 34.5. The van der Waals surface area contributed by atoms with Crippen molar-refractivity contribution in [3.05, 3.63) is 24.3 Å². The Morgan fingerprint density at radius 1 is 0.523 bits per heavy atom. The van der Waals surface area contributed by atoms with E-state index in [4.69, 9.17) is 14.2 Å². The number of rotatable bonds is 34. The van der Waals surface area contributed by atoms with E-state index in [1.165, 1.54) is 135 Å². The van der Waals surface area contributed by atoms with Crippen LogP contribution in [0.2, 0.25) is 0 Å². The molecule has 0 aliphatic rings. The smallest absolute Gasteiger partial charge is 0.305 e. The maximum Gasteiger partial charge on any atom is 0.305 e. The molecule has 5 nitrogen and oxygen atoms in total. The molecule has 258 valence electrons. The van der Waals surface area contributed by atoms with E-state index in [2.05, 4.69) is 38.2 Å². The predicted molar refractivity (Wildman–Crippen MR) is 187 cm³/mol. The van der Waals surface area contributed by atoms with Crippen LogP contribution in [0.3, 0.4) is 0 Å². The Labute approximate surface area is 273 Å². The van der Waals surface area contributed by atoms with Crippen LogP contribution in [0.15, 0.2) is 24.3 Å². The molecule has 0 aliphatic heterocycles. The highest BCUT2D eigenvalue weighted by Gasteiger charge is 2.14. The molecule has 0 aromatic carbocycles. The summed E-state index contributed by atoms with van der Waals surface area (Å²) in [5.74, 6) is -0.524. The first-order chi connectivity index (χ1) is 21.6. The minimum atomic E-state index is -0.396. The van der Waals surface area contributed by atoms with Crippen molar-refractivity contribution in [2.45, 2.75) is 194 Å². The first-order valence-electron chi connectivity index (χ1n) is 18.8. The van der Waals surface area contributed by atoms with Crippen molar-refractivity contribution in [1.29, 1.82) is 0 Å². The summed E-state index contributed by atoms with van der Waals surface area (Å²) >= 11 is 0. The van der Waals surface area contributed by atoms with Crippen LogP contribution >= 0.6 is 0 Å². The van der Waals surface area contributed by atoms with E-state index in [-0.39, 0.29) is 25.2 Å². The third-order valence-corrected chi connectivity index (χ3v) is 8.09. The Balaban J connectivity index is 3.74. The average Bonchev–Trinajstić information content (AvgIpc) is 3.01. The van der Waals surface area contributed by atoms with Gasteiger partial charge in [-0.2, -0.15) is 0 Å². The lowest BCUT2D eigenvalue weighted by molar-refractivity contribution is -0.154.